The van der Waals surface area contributed by atoms with Crippen molar-refractivity contribution in [3.63, 3.8) is 0 Å². The molecule has 0 radical (unpaired) electrons. The zero-order valence-electron chi connectivity index (χ0n) is 13.1. The maximum absolute atomic E-state index is 9.31. The summed E-state index contributed by atoms with van der Waals surface area (Å²) < 4.78 is 5.24. The molecule has 0 aliphatic rings. The van der Waals surface area contributed by atoms with Gasteiger partial charge in [0.1, 0.15) is 11.5 Å². The van der Waals surface area contributed by atoms with Crippen LogP contribution in [0.25, 0.3) is 16.6 Å². The van der Waals surface area contributed by atoms with Crippen molar-refractivity contribution in [2.45, 2.75) is 13.0 Å². The first-order valence-electron chi connectivity index (χ1n) is 7.34. The SMILES string of the molecule is C=C(NC(C)c1ccc(O)cn1)c1cc2ccc(OC)cc2[nH]1. The lowest BCUT2D eigenvalue weighted by Gasteiger charge is -2.16. The van der Waals surface area contributed by atoms with E-state index in [1.807, 2.05) is 31.2 Å². The number of rotatable bonds is 5. The van der Waals surface area contributed by atoms with Crippen molar-refractivity contribution in [1.29, 1.82) is 0 Å². The van der Waals surface area contributed by atoms with Crippen LogP contribution < -0.4 is 10.1 Å². The van der Waals surface area contributed by atoms with E-state index in [1.54, 1.807) is 19.2 Å². The van der Waals surface area contributed by atoms with Gasteiger partial charge in [0, 0.05) is 17.0 Å². The smallest absolute Gasteiger partial charge is 0.133 e. The maximum atomic E-state index is 9.31. The van der Waals surface area contributed by atoms with E-state index in [0.29, 0.717) is 0 Å². The topological polar surface area (TPSA) is 70.2 Å². The van der Waals surface area contributed by atoms with Crippen LogP contribution >= 0.6 is 0 Å². The number of benzene rings is 1. The van der Waals surface area contributed by atoms with Crippen molar-refractivity contribution in [2.75, 3.05) is 7.11 Å². The Morgan fingerprint density at radius 2 is 2.13 bits per heavy atom. The average Bonchev–Trinajstić information content (AvgIpc) is 2.98. The second kappa shape index (κ2) is 6.04. The third-order valence-electron chi connectivity index (χ3n) is 3.76. The molecular formula is C18H19N3O2. The Balaban J connectivity index is 1.78. The first-order valence-corrected chi connectivity index (χ1v) is 7.34. The Kier molecular flexibility index (Phi) is 3.93. The summed E-state index contributed by atoms with van der Waals surface area (Å²) in [4.78, 5) is 7.54. The number of ether oxygens (including phenoxy) is 1. The molecule has 1 aromatic carbocycles. The minimum Gasteiger partial charge on any atom is -0.506 e. The molecule has 5 nitrogen and oxygen atoms in total. The van der Waals surface area contributed by atoms with Crippen molar-refractivity contribution < 1.29 is 9.84 Å². The number of aromatic amines is 1. The van der Waals surface area contributed by atoms with Gasteiger partial charge in [-0.2, -0.15) is 0 Å². The highest BCUT2D eigenvalue weighted by molar-refractivity contribution is 5.85. The van der Waals surface area contributed by atoms with Crippen LogP contribution in [-0.4, -0.2) is 22.2 Å². The summed E-state index contributed by atoms with van der Waals surface area (Å²) in [6.07, 6.45) is 1.44. The fraction of sp³-hybridized carbons (Fsp3) is 0.167. The number of fused-ring (bicyclic) bond motifs is 1. The van der Waals surface area contributed by atoms with E-state index in [4.69, 9.17) is 4.74 Å². The van der Waals surface area contributed by atoms with Gasteiger partial charge in [-0.15, -0.1) is 0 Å². The second-order valence-electron chi connectivity index (χ2n) is 5.42. The summed E-state index contributed by atoms with van der Waals surface area (Å²) in [5, 5.41) is 13.7. The average molecular weight is 309 g/mol. The molecule has 3 aromatic rings. The highest BCUT2D eigenvalue weighted by Gasteiger charge is 2.11. The molecule has 0 amide bonds. The molecule has 0 aliphatic heterocycles. The van der Waals surface area contributed by atoms with Gasteiger partial charge in [0.05, 0.1) is 36.4 Å². The van der Waals surface area contributed by atoms with E-state index in [1.165, 1.54) is 6.20 Å². The van der Waals surface area contributed by atoms with E-state index < -0.39 is 0 Å². The number of methoxy groups -OCH3 is 1. The number of aromatic hydroxyl groups is 1. The van der Waals surface area contributed by atoms with Crippen LogP contribution in [0.5, 0.6) is 11.5 Å². The van der Waals surface area contributed by atoms with Gasteiger partial charge in [0.2, 0.25) is 0 Å². The van der Waals surface area contributed by atoms with Crippen molar-refractivity contribution in [1.82, 2.24) is 15.3 Å². The lowest BCUT2D eigenvalue weighted by atomic mass is 10.2. The lowest BCUT2D eigenvalue weighted by Crippen LogP contribution is -2.17. The third kappa shape index (κ3) is 3.13. The van der Waals surface area contributed by atoms with E-state index in [-0.39, 0.29) is 11.8 Å². The molecule has 0 fully saturated rings. The van der Waals surface area contributed by atoms with Gasteiger partial charge in [-0.1, -0.05) is 6.58 Å². The number of nitrogens with one attached hydrogen (secondary N) is 2. The maximum Gasteiger partial charge on any atom is 0.133 e. The standard InChI is InChI=1S/C18H19N3O2/c1-11(16-7-5-14(22)10-19-16)20-12(2)17-8-13-4-6-15(23-3)9-18(13)21-17/h4-11,20-22H,2H2,1,3H3. The summed E-state index contributed by atoms with van der Waals surface area (Å²) in [5.74, 6) is 0.968. The molecule has 2 aromatic heterocycles. The predicted molar refractivity (Wildman–Crippen MR) is 91.3 cm³/mol. The quantitative estimate of drug-likeness (QED) is 0.673. The van der Waals surface area contributed by atoms with E-state index >= 15 is 0 Å². The van der Waals surface area contributed by atoms with Gasteiger partial charge < -0.3 is 20.1 Å². The van der Waals surface area contributed by atoms with Gasteiger partial charge in [0.15, 0.2) is 0 Å². The highest BCUT2D eigenvalue weighted by atomic mass is 16.5. The molecule has 23 heavy (non-hydrogen) atoms. The second-order valence-corrected chi connectivity index (χ2v) is 5.42. The number of hydrogen-bond acceptors (Lipinski definition) is 4. The predicted octanol–water partition coefficient (Wildman–Crippen LogP) is 3.60. The van der Waals surface area contributed by atoms with Crippen molar-refractivity contribution in [2.24, 2.45) is 0 Å². The first kappa shape index (κ1) is 15.0. The number of pyridine rings is 1. The normalized spacial score (nSPS) is 12.1. The van der Waals surface area contributed by atoms with Crippen LogP contribution in [0.4, 0.5) is 0 Å². The Labute approximate surface area is 134 Å². The largest absolute Gasteiger partial charge is 0.506 e. The molecule has 0 bridgehead atoms. The van der Waals surface area contributed by atoms with Gasteiger partial charge in [-0.3, -0.25) is 4.98 Å². The molecular weight excluding hydrogens is 290 g/mol. The van der Waals surface area contributed by atoms with Crippen LogP contribution in [0.15, 0.2) is 49.2 Å². The molecule has 1 atom stereocenters. The van der Waals surface area contributed by atoms with Crippen LogP contribution in [-0.2, 0) is 0 Å². The fourth-order valence-electron chi connectivity index (χ4n) is 2.46. The van der Waals surface area contributed by atoms with Gasteiger partial charge in [0.25, 0.3) is 0 Å². The minimum absolute atomic E-state index is 0.0240. The molecule has 1 unspecified atom stereocenters. The summed E-state index contributed by atoms with van der Waals surface area (Å²) in [6, 6.07) is 11.3. The van der Waals surface area contributed by atoms with E-state index in [2.05, 4.69) is 21.9 Å². The van der Waals surface area contributed by atoms with Crippen LogP contribution in [0.3, 0.4) is 0 Å². The number of aromatic nitrogens is 2. The van der Waals surface area contributed by atoms with Gasteiger partial charge >= 0.3 is 0 Å². The fourth-order valence-corrected chi connectivity index (χ4v) is 2.46. The van der Waals surface area contributed by atoms with Crippen LogP contribution in [0, 0.1) is 0 Å². The molecule has 5 heteroatoms. The zero-order valence-corrected chi connectivity index (χ0v) is 13.1. The highest BCUT2D eigenvalue weighted by Crippen LogP contribution is 2.24. The molecule has 0 aliphatic carbocycles. The molecule has 3 rings (SSSR count). The van der Waals surface area contributed by atoms with Crippen LogP contribution in [0.1, 0.15) is 24.4 Å². The Morgan fingerprint density at radius 1 is 1.30 bits per heavy atom. The number of hydrogen-bond donors (Lipinski definition) is 3. The lowest BCUT2D eigenvalue weighted by molar-refractivity contribution is 0.415. The summed E-state index contributed by atoms with van der Waals surface area (Å²) >= 11 is 0. The molecule has 0 saturated heterocycles. The third-order valence-corrected chi connectivity index (χ3v) is 3.76. The summed E-state index contributed by atoms with van der Waals surface area (Å²) in [6.45, 7) is 6.09. The van der Waals surface area contributed by atoms with E-state index in [0.717, 1.165) is 33.7 Å². The molecule has 2 heterocycles. The molecule has 0 spiro atoms. The number of H-pyrrole nitrogens is 1. The molecule has 118 valence electrons. The summed E-state index contributed by atoms with van der Waals surface area (Å²) in [5.41, 5.74) is 3.53. The Hall–Kier alpha value is -2.95. The van der Waals surface area contributed by atoms with Crippen molar-refractivity contribution in [3.8, 4) is 11.5 Å². The molecule has 3 N–H and O–H groups in total. The van der Waals surface area contributed by atoms with Gasteiger partial charge in [-0.05, 0) is 37.3 Å². The Bertz CT molecular complexity index is 837. The Morgan fingerprint density at radius 3 is 2.83 bits per heavy atom. The van der Waals surface area contributed by atoms with Crippen molar-refractivity contribution in [3.05, 3.63) is 60.6 Å². The monoisotopic (exact) mass is 309 g/mol. The first-order chi connectivity index (χ1) is 11.1. The minimum atomic E-state index is -0.0240. The number of nitrogens with zero attached hydrogens (tertiary/aromatic N) is 1. The van der Waals surface area contributed by atoms with Gasteiger partial charge in [-0.25, -0.2) is 0 Å². The van der Waals surface area contributed by atoms with E-state index in [9.17, 15) is 5.11 Å². The molecule has 0 saturated carbocycles. The van der Waals surface area contributed by atoms with Crippen molar-refractivity contribution >= 4 is 16.6 Å². The zero-order chi connectivity index (χ0) is 16.4. The summed E-state index contributed by atoms with van der Waals surface area (Å²) in [7, 11) is 1.65. The van der Waals surface area contributed by atoms with Crippen LogP contribution in [0.2, 0.25) is 0 Å².